The second kappa shape index (κ2) is 12.7. The Hall–Kier alpha value is -2.45. The van der Waals surface area contributed by atoms with Crippen molar-refractivity contribution in [2.75, 3.05) is 7.05 Å². The number of rotatable bonds is 10. The van der Waals surface area contributed by atoms with Gasteiger partial charge in [-0.1, -0.05) is 50.2 Å². The number of nitrogens with zero attached hydrogens (tertiary/aromatic N) is 2. The highest BCUT2D eigenvalue weighted by Gasteiger charge is 2.57. The Kier molecular flexibility index (Phi) is 9.33. The van der Waals surface area contributed by atoms with Crippen LogP contribution in [0.3, 0.4) is 0 Å². The van der Waals surface area contributed by atoms with E-state index < -0.39 is 18.3 Å². The third kappa shape index (κ3) is 6.12. The fourth-order valence-corrected chi connectivity index (χ4v) is 8.52. The molecule has 0 radical (unpaired) electrons. The van der Waals surface area contributed by atoms with Gasteiger partial charge in [0.1, 0.15) is 6.10 Å². The van der Waals surface area contributed by atoms with Crippen LogP contribution in [0.4, 0.5) is 4.79 Å². The van der Waals surface area contributed by atoms with E-state index in [2.05, 4.69) is 50.0 Å². The van der Waals surface area contributed by atoms with Gasteiger partial charge in [-0.2, -0.15) is 4.98 Å². The van der Waals surface area contributed by atoms with Gasteiger partial charge in [0, 0.05) is 19.9 Å². The van der Waals surface area contributed by atoms with E-state index in [-0.39, 0.29) is 16.9 Å². The molecule has 0 saturated heterocycles. The lowest BCUT2D eigenvalue weighted by Crippen LogP contribution is -2.38. The molecule has 0 spiro atoms. The number of ether oxygens (including phenoxy) is 1. The number of allylic oxidation sites excluding steroid dienone is 3. The third-order valence-corrected chi connectivity index (χ3v) is 11.1. The normalized spacial score (nSPS) is 33.8. The lowest BCUT2D eigenvalue weighted by molar-refractivity contribution is 0.0468. The zero-order chi connectivity index (χ0) is 30.1. The van der Waals surface area contributed by atoms with Crippen molar-refractivity contribution in [1.29, 1.82) is 0 Å². The third-order valence-electron chi connectivity index (χ3n) is 11.1. The molecule has 4 aliphatic rings. The molecule has 4 aliphatic carbocycles. The Morgan fingerprint density at radius 3 is 2.74 bits per heavy atom. The first-order chi connectivity index (χ1) is 20.1. The molecule has 1 aromatic heterocycles. The molecule has 0 aromatic carbocycles. The van der Waals surface area contributed by atoms with Gasteiger partial charge in [-0.3, -0.25) is 0 Å². The molecule has 42 heavy (non-hydrogen) atoms. The van der Waals surface area contributed by atoms with Crippen molar-refractivity contribution in [1.82, 2.24) is 15.5 Å². The number of amides is 1. The zero-order valence-electron chi connectivity index (χ0n) is 26.0. The summed E-state index contributed by atoms with van der Waals surface area (Å²) in [5.41, 5.74) is 3.10. The van der Waals surface area contributed by atoms with E-state index in [0.717, 1.165) is 61.9 Å². The molecular formula is C34H51N3O5. The number of aliphatic hydroxyl groups is 2. The van der Waals surface area contributed by atoms with Gasteiger partial charge in [0.2, 0.25) is 5.89 Å². The molecule has 8 heteroatoms. The maximum atomic E-state index is 12.4. The summed E-state index contributed by atoms with van der Waals surface area (Å²) in [6.07, 6.45) is 14.7. The van der Waals surface area contributed by atoms with Crippen molar-refractivity contribution in [3.63, 3.8) is 0 Å². The molecule has 5 rings (SSSR count). The average molecular weight is 582 g/mol. The van der Waals surface area contributed by atoms with Crippen molar-refractivity contribution in [3.8, 4) is 0 Å². The van der Waals surface area contributed by atoms with Gasteiger partial charge in [-0.15, -0.1) is 0 Å². The summed E-state index contributed by atoms with van der Waals surface area (Å²) < 4.78 is 11.7. The summed E-state index contributed by atoms with van der Waals surface area (Å²) in [4.78, 5) is 17.1. The highest BCUT2D eigenvalue weighted by atomic mass is 16.6. The topological polar surface area (TPSA) is 118 Å². The van der Waals surface area contributed by atoms with E-state index in [4.69, 9.17) is 14.2 Å². The maximum Gasteiger partial charge on any atom is 0.407 e. The Morgan fingerprint density at radius 1 is 1.24 bits per heavy atom. The van der Waals surface area contributed by atoms with Crippen molar-refractivity contribution in [2.45, 2.75) is 128 Å². The molecule has 1 amide bonds. The summed E-state index contributed by atoms with van der Waals surface area (Å²) >= 11 is 0. The fraction of sp³-hybridized carbons (Fsp3) is 0.735. The molecule has 0 aliphatic heterocycles. The Balaban J connectivity index is 1.28. The van der Waals surface area contributed by atoms with Crippen LogP contribution in [0.5, 0.6) is 0 Å². The number of alkyl carbamates (subject to hydrolysis) is 1. The Morgan fingerprint density at radius 2 is 2.02 bits per heavy atom. The smallest absolute Gasteiger partial charge is 0.407 e. The second-order valence-electron chi connectivity index (χ2n) is 13.8. The molecular weight excluding hydrogens is 530 g/mol. The van der Waals surface area contributed by atoms with Crippen LogP contribution < -0.4 is 5.32 Å². The van der Waals surface area contributed by atoms with Gasteiger partial charge in [0.15, 0.2) is 5.82 Å². The van der Waals surface area contributed by atoms with Crippen LogP contribution >= 0.6 is 0 Å². The molecule has 3 N–H and O–H groups in total. The minimum atomic E-state index is -0.657. The van der Waals surface area contributed by atoms with Gasteiger partial charge in [0.25, 0.3) is 0 Å². The lowest BCUT2D eigenvalue weighted by Gasteiger charge is -2.44. The quantitative estimate of drug-likeness (QED) is 0.295. The van der Waals surface area contributed by atoms with Crippen LogP contribution in [-0.2, 0) is 16.6 Å². The first kappa shape index (κ1) is 31.0. The predicted octanol–water partition coefficient (Wildman–Crippen LogP) is 6.34. The van der Waals surface area contributed by atoms with E-state index >= 15 is 0 Å². The molecule has 1 aromatic rings. The van der Waals surface area contributed by atoms with Gasteiger partial charge < -0.3 is 24.8 Å². The SMILES string of the molecule is C=C1/C(=C\C=C2/CCC[C@]3(C)[C@@H]([C@H](C)CC[C@@H](OC(=O)NC)C4(c5nc(CCC)no5)CC4)CC[C@@H]23)C[C@@H](O)C[C@@H]1O. The first-order valence-electron chi connectivity index (χ1n) is 16.3. The Labute approximate surface area is 251 Å². The van der Waals surface area contributed by atoms with E-state index in [1.165, 1.54) is 31.3 Å². The van der Waals surface area contributed by atoms with Gasteiger partial charge >= 0.3 is 6.09 Å². The highest BCUT2D eigenvalue weighted by molar-refractivity contribution is 5.67. The van der Waals surface area contributed by atoms with Crippen molar-refractivity contribution in [2.24, 2.45) is 23.2 Å². The highest BCUT2D eigenvalue weighted by Crippen LogP contribution is 2.60. The van der Waals surface area contributed by atoms with Crippen molar-refractivity contribution in [3.05, 3.63) is 47.2 Å². The second-order valence-corrected chi connectivity index (χ2v) is 13.8. The average Bonchev–Trinajstić information content (AvgIpc) is 3.49. The first-order valence-corrected chi connectivity index (χ1v) is 16.3. The molecule has 1 heterocycles. The van der Waals surface area contributed by atoms with Gasteiger partial charge in [0.05, 0.1) is 17.6 Å². The number of hydrogen-bond donors (Lipinski definition) is 3. The molecule has 0 unspecified atom stereocenters. The van der Waals surface area contributed by atoms with E-state index in [9.17, 15) is 15.0 Å². The number of carbonyl (C=O) groups is 1. The number of aliphatic hydroxyl groups excluding tert-OH is 2. The molecule has 7 atom stereocenters. The number of carbonyl (C=O) groups excluding carboxylic acids is 1. The van der Waals surface area contributed by atoms with Crippen LogP contribution in [0.2, 0.25) is 0 Å². The maximum absolute atomic E-state index is 12.4. The van der Waals surface area contributed by atoms with Gasteiger partial charge in [-0.25, -0.2) is 4.79 Å². The summed E-state index contributed by atoms with van der Waals surface area (Å²) in [5, 5.41) is 27.3. The van der Waals surface area contributed by atoms with Crippen LogP contribution in [0.1, 0.15) is 110 Å². The fourth-order valence-electron chi connectivity index (χ4n) is 8.52. The van der Waals surface area contributed by atoms with E-state index in [0.29, 0.717) is 36.5 Å². The van der Waals surface area contributed by atoms with Crippen LogP contribution in [0, 0.1) is 23.2 Å². The van der Waals surface area contributed by atoms with Crippen LogP contribution in [-0.4, -0.2) is 51.8 Å². The van der Waals surface area contributed by atoms with Crippen molar-refractivity contribution < 1.29 is 24.3 Å². The molecule has 4 fully saturated rings. The molecule has 8 nitrogen and oxygen atoms in total. The van der Waals surface area contributed by atoms with Crippen LogP contribution in [0.25, 0.3) is 0 Å². The Bertz CT molecular complexity index is 1200. The predicted molar refractivity (Wildman–Crippen MR) is 162 cm³/mol. The van der Waals surface area contributed by atoms with Gasteiger partial charge in [-0.05, 0) is 105 Å². The van der Waals surface area contributed by atoms with Crippen molar-refractivity contribution >= 4 is 6.09 Å². The monoisotopic (exact) mass is 581 g/mol. The standard InChI is InChI=1S/C34H51N3O5/c1-6-8-30-36-31(42-37-30)34(17-18-34)29(41-32(40)35-5)15-10-21(2)26-13-14-27-23(9-7-16-33(26,27)4)11-12-24-19-25(38)20-28(39)22(24)3/h11-12,21,25-29,38-39H,3,6-10,13-20H2,1-2,4-5H3,(H,35,40)/b23-11+,24-12-/t21-,25-,26-,27+,28+,29-,33-/m1/s1. The number of aromatic nitrogens is 2. The van der Waals surface area contributed by atoms with E-state index in [1.54, 1.807) is 7.05 Å². The number of hydrogen-bond acceptors (Lipinski definition) is 7. The lowest BCUT2D eigenvalue weighted by atomic mass is 9.60. The number of fused-ring (bicyclic) bond motifs is 1. The molecule has 0 bridgehead atoms. The zero-order valence-corrected chi connectivity index (χ0v) is 26.0. The summed E-state index contributed by atoms with van der Waals surface area (Å²) in [5.74, 6) is 2.99. The van der Waals surface area contributed by atoms with E-state index in [1.807, 2.05) is 0 Å². The summed E-state index contributed by atoms with van der Waals surface area (Å²) in [6.45, 7) is 11.1. The van der Waals surface area contributed by atoms with Crippen LogP contribution in [0.15, 0.2) is 40.0 Å². The number of nitrogens with one attached hydrogen (secondary N) is 1. The summed E-state index contributed by atoms with van der Waals surface area (Å²) in [6, 6.07) is 0. The molecule has 4 saturated carbocycles. The molecule has 232 valence electrons. The number of aryl methyl sites for hydroxylation is 1. The largest absolute Gasteiger partial charge is 0.445 e. The minimum Gasteiger partial charge on any atom is -0.445 e. The minimum absolute atomic E-state index is 0.237. The summed E-state index contributed by atoms with van der Waals surface area (Å²) in [7, 11) is 1.60.